The SMILES string of the molecule is Cn1ncc(Br)c1-c1cc(NC(=O)c2cccc(C(F)(F)F)c2)ccc1OCCN1CCCCOC1. The molecule has 1 aromatic heterocycles. The van der Waals surface area contributed by atoms with E-state index < -0.39 is 17.6 Å². The summed E-state index contributed by atoms with van der Waals surface area (Å²) in [4.78, 5) is 14.9. The van der Waals surface area contributed by atoms with Gasteiger partial charge in [-0.3, -0.25) is 14.4 Å². The van der Waals surface area contributed by atoms with Crippen molar-refractivity contribution in [1.29, 1.82) is 0 Å². The first kappa shape index (κ1) is 26.2. The van der Waals surface area contributed by atoms with Crippen molar-refractivity contribution in [2.24, 2.45) is 7.05 Å². The first-order chi connectivity index (χ1) is 17.2. The highest BCUT2D eigenvalue weighted by atomic mass is 79.9. The number of benzene rings is 2. The highest BCUT2D eigenvalue weighted by Gasteiger charge is 2.31. The minimum absolute atomic E-state index is 0.0897. The number of aromatic nitrogens is 2. The van der Waals surface area contributed by atoms with Crippen LogP contribution < -0.4 is 10.1 Å². The Morgan fingerprint density at radius 2 is 2.06 bits per heavy atom. The Hall–Kier alpha value is -2.89. The van der Waals surface area contributed by atoms with Gasteiger partial charge >= 0.3 is 6.18 Å². The quantitative estimate of drug-likeness (QED) is 0.405. The topological polar surface area (TPSA) is 68.6 Å². The van der Waals surface area contributed by atoms with Crippen LogP contribution in [0.4, 0.5) is 18.9 Å². The van der Waals surface area contributed by atoms with Crippen molar-refractivity contribution in [2.45, 2.75) is 19.0 Å². The van der Waals surface area contributed by atoms with Crippen molar-refractivity contribution in [2.75, 3.05) is 38.4 Å². The van der Waals surface area contributed by atoms with E-state index in [4.69, 9.17) is 9.47 Å². The van der Waals surface area contributed by atoms with Gasteiger partial charge in [0.25, 0.3) is 5.91 Å². The highest BCUT2D eigenvalue weighted by molar-refractivity contribution is 9.10. The predicted octanol–water partition coefficient (Wildman–Crippen LogP) is 5.57. The number of carbonyl (C=O) groups excluding carboxylic acids is 1. The maximum Gasteiger partial charge on any atom is 0.416 e. The number of nitrogens with zero attached hydrogens (tertiary/aromatic N) is 3. The molecule has 36 heavy (non-hydrogen) atoms. The molecule has 2 heterocycles. The average molecular weight is 567 g/mol. The van der Waals surface area contributed by atoms with Gasteiger partial charge in [-0.2, -0.15) is 18.3 Å². The van der Waals surface area contributed by atoms with E-state index in [1.165, 1.54) is 12.1 Å². The fraction of sp³-hybridized carbons (Fsp3) is 0.360. The Morgan fingerprint density at radius 3 is 2.81 bits per heavy atom. The van der Waals surface area contributed by atoms with Crippen LogP contribution in [0.3, 0.4) is 0 Å². The number of alkyl halides is 3. The van der Waals surface area contributed by atoms with Crippen LogP contribution in [-0.2, 0) is 18.0 Å². The summed E-state index contributed by atoms with van der Waals surface area (Å²) in [6.45, 7) is 3.42. The Balaban J connectivity index is 1.55. The third-order valence-corrected chi connectivity index (χ3v) is 6.37. The monoisotopic (exact) mass is 566 g/mol. The van der Waals surface area contributed by atoms with Gasteiger partial charge in [-0.1, -0.05) is 6.07 Å². The van der Waals surface area contributed by atoms with E-state index in [-0.39, 0.29) is 5.56 Å². The molecule has 0 aliphatic carbocycles. The van der Waals surface area contributed by atoms with E-state index >= 15 is 0 Å². The normalized spacial score (nSPS) is 14.9. The summed E-state index contributed by atoms with van der Waals surface area (Å²) in [6, 6.07) is 9.42. The van der Waals surface area contributed by atoms with Crippen LogP contribution in [0.15, 0.2) is 53.1 Å². The predicted molar refractivity (Wildman–Crippen MR) is 133 cm³/mol. The van der Waals surface area contributed by atoms with E-state index in [9.17, 15) is 18.0 Å². The van der Waals surface area contributed by atoms with Crippen molar-refractivity contribution < 1.29 is 27.4 Å². The van der Waals surface area contributed by atoms with Crippen LogP contribution in [0.25, 0.3) is 11.3 Å². The van der Waals surface area contributed by atoms with Gasteiger partial charge in [0.2, 0.25) is 0 Å². The van der Waals surface area contributed by atoms with Gasteiger partial charge in [0.05, 0.1) is 28.7 Å². The first-order valence-corrected chi connectivity index (χ1v) is 12.2. The number of ether oxygens (including phenoxy) is 2. The summed E-state index contributed by atoms with van der Waals surface area (Å²) in [5, 5.41) is 6.95. The zero-order valence-electron chi connectivity index (χ0n) is 19.6. The first-order valence-electron chi connectivity index (χ1n) is 11.5. The molecule has 4 rings (SSSR count). The molecule has 0 unspecified atom stereocenters. The lowest BCUT2D eigenvalue weighted by atomic mass is 10.1. The van der Waals surface area contributed by atoms with E-state index in [1.807, 2.05) is 0 Å². The largest absolute Gasteiger partial charge is 0.492 e. The molecule has 0 spiro atoms. The van der Waals surface area contributed by atoms with Crippen molar-refractivity contribution in [3.63, 3.8) is 0 Å². The smallest absolute Gasteiger partial charge is 0.416 e. The van der Waals surface area contributed by atoms with Crippen molar-refractivity contribution in [1.82, 2.24) is 14.7 Å². The van der Waals surface area contributed by atoms with Crippen LogP contribution in [0.2, 0.25) is 0 Å². The summed E-state index contributed by atoms with van der Waals surface area (Å²) in [6.07, 6.45) is -0.757. The standard InChI is InChI=1S/C25H26BrF3N4O3/c1-32-23(21(26)15-30-32)20-14-19(31-24(34)17-5-4-6-18(13-17)25(27,28)29)7-8-22(20)36-12-10-33-9-2-3-11-35-16-33/h4-8,13-15H,2-3,9-12,16H2,1H3,(H,31,34). The number of carbonyl (C=O) groups is 1. The molecule has 1 fully saturated rings. The third-order valence-electron chi connectivity index (χ3n) is 5.79. The Labute approximate surface area is 215 Å². The molecule has 192 valence electrons. The molecule has 0 bridgehead atoms. The zero-order valence-corrected chi connectivity index (χ0v) is 21.2. The minimum Gasteiger partial charge on any atom is -0.492 e. The lowest BCUT2D eigenvalue weighted by Gasteiger charge is -2.20. The second-order valence-corrected chi connectivity index (χ2v) is 9.27. The maximum atomic E-state index is 13.1. The Kier molecular flexibility index (Phi) is 8.32. The molecule has 2 aromatic carbocycles. The molecule has 0 atom stereocenters. The molecule has 1 aliphatic rings. The Bertz CT molecular complexity index is 1190. The second kappa shape index (κ2) is 11.4. The van der Waals surface area contributed by atoms with Gasteiger partial charge in [-0.25, -0.2) is 0 Å². The molecule has 11 heteroatoms. The maximum absolute atomic E-state index is 13.1. The van der Waals surface area contributed by atoms with Crippen LogP contribution >= 0.6 is 15.9 Å². The Morgan fingerprint density at radius 1 is 1.22 bits per heavy atom. The lowest BCUT2D eigenvalue weighted by molar-refractivity contribution is -0.137. The molecule has 7 nitrogen and oxygen atoms in total. The number of amides is 1. The number of halogens is 4. The number of hydrogen-bond donors (Lipinski definition) is 1. The highest BCUT2D eigenvalue weighted by Crippen LogP contribution is 2.37. The molecule has 1 amide bonds. The molecular formula is C25H26BrF3N4O3. The van der Waals surface area contributed by atoms with Crippen molar-refractivity contribution in [3.05, 3.63) is 64.3 Å². The lowest BCUT2D eigenvalue weighted by Crippen LogP contribution is -2.30. The van der Waals surface area contributed by atoms with Crippen LogP contribution in [0.1, 0.15) is 28.8 Å². The minimum atomic E-state index is -4.53. The van der Waals surface area contributed by atoms with Gasteiger partial charge in [-0.05, 0) is 65.2 Å². The van der Waals surface area contributed by atoms with E-state index in [1.54, 1.807) is 36.1 Å². The fourth-order valence-corrected chi connectivity index (χ4v) is 4.49. The summed E-state index contributed by atoms with van der Waals surface area (Å²) in [7, 11) is 1.78. The summed E-state index contributed by atoms with van der Waals surface area (Å²) < 4.78 is 53.3. The van der Waals surface area contributed by atoms with E-state index in [0.717, 1.165) is 48.3 Å². The van der Waals surface area contributed by atoms with Crippen LogP contribution in [0, 0.1) is 0 Å². The third kappa shape index (κ3) is 6.45. The molecular weight excluding hydrogens is 541 g/mol. The van der Waals surface area contributed by atoms with Gasteiger partial charge in [0.15, 0.2) is 0 Å². The molecule has 1 aliphatic heterocycles. The average Bonchev–Trinajstić information content (AvgIpc) is 3.01. The van der Waals surface area contributed by atoms with Crippen molar-refractivity contribution >= 4 is 27.5 Å². The van der Waals surface area contributed by atoms with Crippen LogP contribution in [0.5, 0.6) is 5.75 Å². The number of rotatable bonds is 7. The molecule has 0 saturated carbocycles. The zero-order chi connectivity index (χ0) is 25.7. The van der Waals surface area contributed by atoms with Crippen molar-refractivity contribution in [3.8, 4) is 17.0 Å². The number of anilines is 1. The fourth-order valence-electron chi connectivity index (χ4n) is 3.93. The summed E-state index contributed by atoms with van der Waals surface area (Å²) in [5.41, 5.74) is 0.851. The second-order valence-electron chi connectivity index (χ2n) is 8.42. The summed E-state index contributed by atoms with van der Waals surface area (Å²) in [5.74, 6) is -0.0574. The summed E-state index contributed by atoms with van der Waals surface area (Å²) >= 11 is 3.51. The molecule has 0 radical (unpaired) electrons. The number of hydrogen-bond acceptors (Lipinski definition) is 5. The molecule has 3 aromatic rings. The van der Waals surface area contributed by atoms with Gasteiger partial charge in [0.1, 0.15) is 12.4 Å². The van der Waals surface area contributed by atoms with E-state index in [0.29, 0.717) is 36.9 Å². The van der Waals surface area contributed by atoms with Gasteiger partial charge in [0, 0.05) is 43.6 Å². The van der Waals surface area contributed by atoms with E-state index in [2.05, 4.69) is 31.2 Å². The molecule has 1 N–H and O–H groups in total. The molecule has 1 saturated heterocycles. The van der Waals surface area contributed by atoms with Gasteiger partial charge < -0.3 is 14.8 Å². The number of aryl methyl sites for hydroxylation is 1. The van der Waals surface area contributed by atoms with Crippen LogP contribution in [-0.4, -0.2) is 53.6 Å². The number of nitrogens with one attached hydrogen (secondary N) is 1. The van der Waals surface area contributed by atoms with Gasteiger partial charge in [-0.15, -0.1) is 0 Å².